The Morgan fingerprint density at radius 3 is 2.72 bits per heavy atom. The average Bonchev–Trinajstić information content (AvgIpc) is 2.82. The van der Waals surface area contributed by atoms with Crippen molar-refractivity contribution in [2.45, 2.75) is 24.6 Å². The van der Waals surface area contributed by atoms with Crippen molar-refractivity contribution < 1.29 is 12.9 Å². The number of aromatic nitrogens is 2. The molecule has 2 aromatic rings. The minimum absolute atomic E-state index is 0.0421. The third-order valence-corrected chi connectivity index (χ3v) is 5.13. The number of nitrogens with zero attached hydrogens (tertiary/aromatic N) is 2. The van der Waals surface area contributed by atoms with Crippen LogP contribution in [0.4, 0.5) is 5.13 Å². The van der Waals surface area contributed by atoms with Gasteiger partial charge in [0, 0.05) is 6.07 Å². The maximum absolute atomic E-state index is 12.0. The first-order valence-corrected chi connectivity index (χ1v) is 7.33. The molecule has 0 aromatic carbocycles. The molecule has 98 valence electrons. The van der Waals surface area contributed by atoms with Gasteiger partial charge >= 0.3 is 0 Å². The van der Waals surface area contributed by atoms with Crippen LogP contribution in [0, 0.1) is 13.8 Å². The molecular weight excluding hydrogens is 276 g/mol. The molecule has 2 rings (SSSR count). The van der Waals surface area contributed by atoms with E-state index in [1.807, 2.05) is 0 Å². The normalized spacial score (nSPS) is 11.9. The molecule has 0 spiro atoms. The van der Waals surface area contributed by atoms with E-state index in [-0.39, 0.29) is 15.9 Å². The van der Waals surface area contributed by atoms with Crippen molar-refractivity contribution in [1.82, 2.24) is 14.9 Å². The zero-order valence-electron chi connectivity index (χ0n) is 9.80. The van der Waals surface area contributed by atoms with E-state index in [1.54, 1.807) is 19.9 Å². The summed E-state index contributed by atoms with van der Waals surface area (Å²) in [5.41, 5.74) is 6.56. The van der Waals surface area contributed by atoms with Crippen LogP contribution < -0.4 is 10.5 Å². The molecule has 9 heteroatoms. The highest BCUT2D eigenvalue weighted by atomic mass is 32.2. The Bertz CT molecular complexity index is 659. The molecular formula is C9H12N4O3S2. The summed E-state index contributed by atoms with van der Waals surface area (Å²) < 4.78 is 31.4. The van der Waals surface area contributed by atoms with Crippen LogP contribution in [0.25, 0.3) is 0 Å². The molecule has 0 unspecified atom stereocenters. The Labute approximate surface area is 108 Å². The summed E-state index contributed by atoms with van der Waals surface area (Å²) in [6.07, 6.45) is 0. The first-order valence-electron chi connectivity index (χ1n) is 5.03. The average molecular weight is 288 g/mol. The fraction of sp³-hybridized carbons (Fsp3) is 0.333. The van der Waals surface area contributed by atoms with Crippen LogP contribution in [-0.4, -0.2) is 18.6 Å². The molecule has 0 saturated heterocycles. The SMILES string of the molecule is Cc1cc(CNS(=O)(=O)c2sc(N)nc2C)on1. The van der Waals surface area contributed by atoms with Crippen LogP contribution >= 0.6 is 11.3 Å². The summed E-state index contributed by atoms with van der Waals surface area (Å²) in [6, 6.07) is 1.66. The number of rotatable bonds is 4. The zero-order chi connectivity index (χ0) is 13.3. The number of sulfonamides is 1. The summed E-state index contributed by atoms with van der Waals surface area (Å²) in [7, 11) is -3.62. The van der Waals surface area contributed by atoms with E-state index in [2.05, 4.69) is 14.9 Å². The lowest BCUT2D eigenvalue weighted by atomic mass is 10.4. The fourth-order valence-electron chi connectivity index (χ4n) is 1.38. The van der Waals surface area contributed by atoms with E-state index in [1.165, 1.54) is 0 Å². The highest BCUT2D eigenvalue weighted by molar-refractivity contribution is 7.91. The van der Waals surface area contributed by atoms with Crippen LogP contribution in [0.5, 0.6) is 0 Å². The molecule has 0 fully saturated rings. The molecule has 0 aliphatic carbocycles. The van der Waals surface area contributed by atoms with Crippen molar-refractivity contribution >= 4 is 26.5 Å². The minimum Gasteiger partial charge on any atom is -0.375 e. The van der Waals surface area contributed by atoms with Crippen molar-refractivity contribution in [2.75, 3.05) is 5.73 Å². The Balaban J connectivity index is 2.15. The minimum atomic E-state index is -3.62. The second-order valence-corrected chi connectivity index (χ2v) is 6.68. The molecule has 0 aliphatic rings. The molecule has 2 heterocycles. The van der Waals surface area contributed by atoms with Gasteiger partial charge in [0.15, 0.2) is 15.1 Å². The van der Waals surface area contributed by atoms with Crippen molar-refractivity contribution in [3.63, 3.8) is 0 Å². The summed E-state index contributed by atoms with van der Waals surface area (Å²) in [6.45, 7) is 3.40. The van der Waals surface area contributed by atoms with Gasteiger partial charge in [0.1, 0.15) is 0 Å². The Morgan fingerprint density at radius 2 is 2.22 bits per heavy atom. The molecule has 2 aromatic heterocycles. The van der Waals surface area contributed by atoms with Crippen LogP contribution in [0.2, 0.25) is 0 Å². The lowest BCUT2D eigenvalue weighted by molar-refractivity contribution is 0.377. The third-order valence-electron chi connectivity index (χ3n) is 2.13. The molecule has 7 nitrogen and oxygen atoms in total. The number of aryl methyl sites for hydroxylation is 2. The highest BCUT2D eigenvalue weighted by Gasteiger charge is 2.21. The molecule has 0 radical (unpaired) electrons. The topological polar surface area (TPSA) is 111 Å². The lowest BCUT2D eigenvalue weighted by Gasteiger charge is -2.02. The Kier molecular flexibility index (Phi) is 3.37. The standard InChI is InChI=1S/C9H12N4O3S2/c1-5-3-7(16-13-5)4-11-18(14,15)8-6(2)12-9(10)17-8/h3,11H,4H2,1-2H3,(H2,10,12). The lowest BCUT2D eigenvalue weighted by Crippen LogP contribution is -2.22. The van der Waals surface area contributed by atoms with Crippen LogP contribution in [-0.2, 0) is 16.6 Å². The van der Waals surface area contributed by atoms with E-state index in [9.17, 15) is 8.42 Å². The Hall–Kier alpha value is -1.45. The molecule has 0 amide bonds. The van der Waals surface area contributed by atoms with E-state index in [4.69, 9.17) is 10.3 Å². The smallest absolute Gasteiger partial charge is 0.252 e. The number of hydrogen-bond donors (Lipinski definition) is 2. The van der Waals surface area contributed by atoms with E-state index < -0.39 is 10.0 Å². The zero-order valence-corrected chi connectivity index (χ0v) is 11.4. The van der Waals surface area contributed by atoms with Gasteiger partial charge in [0.25, 0.3) is 10.0 Å². The molecule has 0 saturated carbocycles. The van der Waals surface area contributed by atoms with Gasteiger partial charge in [0.2, 0.25) is 0 Å². The number of nitrogens with two attached hydrogens (primary N) is 1. The number of nitrogens with one attached hydrogen (secondary N) is 1. The highest BCUT2D eigenvalue weighted by Crippen LogP contribution is 2.24. The number of thiazole rings is 1. The maximum Gasteiger partial charge on any atom is 0.252 e. The molecule has 0 aliphatic heterocycles. The van der Waals surface area contributed by atoms with Gasteiger partial charge in [-0.15, -0.1) is 0 Å². The largest absolute Gasteiger partial charge is 0.375 e. The predicted molar refractivity (Wildman–Crippen MR) is 66.5 cm³/mol. The van der Waals surface area contributed by atoms with Crippen molar-refractivity contribution in [3.05, 3.63) is 23.2 Å². The molecule has 0 bridgehead atoms. The third kappa shape index (κ3) is 2.68. The van der Waals surface area contributed by atoms with E-state index in [0.717, 1.165) is 11.3 Å². The second-order valence-electron chi connectivity index (χ2n) is 3.68. The van der Waals surface area contributed by atoms with Crippen molar-refractivity contribution in [1.29, 1.82) is 0 Å². The summed E-state index contributed by atoms with van der Waals surface area (Å²) >= 11 is 0.932. The van der Waals surface area contributed by atoms with E-state index in [0.29, 0.717) is 17.1 Å². The van der Waals surface area contributed by atoms with Crippen molar-refractivity contribution in [2.24, 2.45) is 0 Å². The molecule has 0 atom stereocenters. The van der Waals surface area contributed by atoms with Gasteiger partial charge in [-0.2, -0.15) is 0 Å². The Morgan fingerprint density at radius 1 is 1.50 bits per heavy atom. The van der Waals surface area contributed by atoms with Crippen molar-refractivity contribution in [3.8, 4) is 0 Å². The van der Waals surface area contributed by atoms with Crippen LogP contribution in [0.3, 0.4) is 0 Å². The number of anilines is 1. The number of hydrogen-bond acceptors (Lipinski definition) is 7. The van der Waals surface area contributed by atoms with Crippen LogP contribution in [0.1, 0.15) is 17.1 Å². The van der Waals surface area contributed by atoms with Gasteiger partial charge in [-0.3, -0.25) is 0 Å². The fourth-order valence-corrected chi connectivity index (χ4v) is 3.72. The van der Waals surface area contributed by atoms with Crippen LogP contribution in [0.15, 0.2) is 14.8 Å². The number of nitrogen functional groups attached to an aromatic ring is 1. The second kappa shape index (κ2) is 4.67. The van der Waals surface area contributed by atoms with Gasteiger partial charge in [-0.05, 0) is 13.8 Å². The first kappa shape index (κ1) is 13.0. The summed E-state index contributed by atoms with van der Waals surface area (Å²) in [5.74, 6) is 0.450. The first-order chi connectivity index (χ1) is 8.38. The quantitative estimate of drug-likeness (QED) is 0.861. The monoisotopic (exact) mass is 288 g/mol. The van der Waals surface area contributed by atoms with E-state index >= 15 is 0 Å². The maximum atomic E-state index is 12.0. The van der Waals surface area contributed by atoms with Gasteiger partial charge in [0.05, 0.1) is 17.9 Å². The van der Waals surface area contributed by atoms with Gasteiger partial charge < -0.3 is 10.3 Å². The predicted octanol–water partition coefficient (Wildman–Crippen LogP) is 0.809. The summed E-state index contributed by atoms with van der Waals surface area (Å²) in [5, 5.41) is 3.90. The molecule has 18 heavy (non-hydrogen) atoms. The van der Waals surface area contributed by atoms with Gasteiger partial charge in [-0.25, -0.2) is 18.1 Å². The van der Waals surface area contributed by atoms with Gasteiger partial charge in [-0.1, -0.05) is 16.5 Å². The summed E-state index contributed by atoms with van der Waals surface area (Å²) in [4.78, 5) is 3.88. The molecule has 3 N–H and O–H groups in total.